The number of hydrogen-bond donors (Lipinski definition) is 0. The van der Waals surface area contributed by atoms with Crippen molar-refractivity contribution >= 4 is 11.5 Å². The smallest absolute Gasteiger partial charge is 0.108 e. The molecule has 0 bridgehead atoms. The van der Waals surface area contributed by atoms with Crippen LogP contribution in [-0.2, 0) is 0 Å². The summed E-state index contributed by atoms with van der Waals surface area (Å²) in [7, 11) is 0. The van der Waals surface area contributed by atoms with Crippen LogP contribution in [0.4, 0.5) is 5.69 Å². The number of fused-ring (bicyclic) bond motifs is 2. The average molecular weight is 276 g/mol. The summed E-state index contributed by atoms with van der Waals surface area (Å²) in [6, 6.07) is 20.3. The Bertz CT molecular complexity index is 688. The summed E-state index contributed by atoms with van der Waals surface area (Å²) in [6.45, 7) is 4.62. The van der Waals surface area contributed by atoms with E-state index in [0.717, 1.165) is 12.1 Å². The zero-order valence-corrected chi connectivity index (χ0v) is 12.5. The van der Waals surface area contributed by atoms with Gasteiger partial charge in [0.2, 0.25) is 0 Å². The van der Waals surface area contributed by atoms with Crippen LogP contribution in [0.25, 0.3) is 0 Å². The number of rotatable bonds is 2. The fourth-order valence-electron chi connectivity index (χ4n) is 3.56. The van der Waals surface area contributed by atoms with Gasteiger partial charge in [-0.15, -0.1) is 0 Å². The molecule has 2 aliphatic rings. The summed E-state index contributed by atoms with van der Waals surface area (Å²) in [6.07, 6.45) is 1.11. The fourth-order valence-corrected chi connectivity index (χ4v) is 3.56. The molecule has 2 heterocycles. The standard InChI is InChI=1S/C19H20N2/c1-13(2)17-12-18-20-16-11-7-6-10-15(16)19(21(17)18)14-8-4-3-5-9-14/h3-11,13,17,19H,12H2,1-2H3/t17-,19+/m1/s1. The number of benzene rings is 2. The Morgan fingerprint density at radius 3 is 2.48 bits per heavy atom. The highest BCUT2D eigenvalue weighted by Crippen LogP contribution is 2.46. The monoisotopic (exact) mass is 276 g/mol. The van der Waals surface area contributed by atoms with Crippen LogP contribution in [0.2, 0.25) is 0 Å². The number of hydrogen-bond acceptors (Lipinski definition) is 2. The fraction of sp³-hybridized carbons (Fsp3) is 0.316. The van der Waals surface area contributed by atoms with Crippen LogP contribution in [0.3, 0.4) is 0 Å². The SMILES string of the molecule is CC(C)[C@H]1CC2=Nc3ccccc3[C@H](c3ccccc3)N21. The van der Waals surface area contributed by atoms with Crippen molar-refractivity contribution in [1.82, 2.24) is 4.90 Å². The summed E-state index contributed by atoms with van der Waals surface area (Å²) in [5, 5.41) is 0. The number of nitrogens with zero attached hydrogens (tertiary/aromatic N) is 2. The molecule has 21 heavy (non-hydrogen) atoms. The molecular weight excluding hydrogens is 256 g/mol. The maximum Gasteiger partial charge on any atom is 0.108 e. The third-order valence-electron chi connectivity index (χ3n) is 4.69. The highest BCUT2D eigenvalue weighted by atomic mass is 15.3. The lowest BCUT2D eigenvalue weighted by Gasteiger charge is -2.53. The predicted octanol–water partition coefficient (Wildman–Crippen LogP) is 4.55. The quantitative estimate of drug-likeness (QED) is 0.785. The van der Waals surface area contributed by atoms with E-state index < -0.39 is 0 Å². The zero-order valence-electron chi connectivity index (χ0n) is 12.5. The van der Waals surface area contributed by atoms with E-state index in [4.69, 9.17) is 4.99 Å². The van der Waals surface area contributed by atoms with Crippen LogP contribution in [0.5, 0.6) is 0 Å². The molecule has 2 atom stereocenters. The number of aliphatic imine (C=N–C) groups is 1. The lowest BCUT2D eigenvalue weighted by molar-refractivity contribution is 0.155. The van der Waals surface area contributed by atoms with E-state index in [1.807, 2.05) is 0 Å². The van der Waals surface area contributed by atoms with E-state index in [0.29, 0.717) is 18.0 Å². The van der Waals surface area contributed by atoms with Gasteiger partial charge in [0.15, 0.2) is 0 Å². The molecule has 2 aromatic carbocycles. The average Bonchev–Trinajstić information content (AvgIpc) is 2.49. The van der Waals surface area contributed by atoms with Crippen LogP contribution >= 0.6 is 0 Å². The van der Waals surface area contributed by atoms with Gasteiger partial charge in [-0.25, -0.2) is 4.99 Å². The topological polar surface area (TPSA) is 15.6 Å². The lowest BCUT2D eigenvalue weighted by atomic mass is 9.82. The number of para-hydroxylation sites is 1. The minimum atomic E-state index is 0.316. The molecule has 0 spiro atoms. The Labute approximate surface area is 126 Å². The second-order valence-corrected chi connectivity index (χ2v) is 6.32. The van der Waals surface area contributed by atoms with Crippen molar-refractivity contribution in [3.63, 3.8) is 0 Å². The Morgan fingerprint density at radius 2 is 1.71 bits per heavy atom. The van der Waals surface area contributed by atoms with E-state index in [2.05, 4.69) is 73.3 Å². The Balaban J connectivity index is 1.86. The van der Waals surface area contributed by atoms with Gasteiger partial charge >= 0.3 is 0 Å². The van der Waals surface area contributed by atoms with E-state index in [9.17, 15) is 0 Å². The first-order valence-corrected chi connectivity index (χ1v) is 7.75. The third kappa shape index (κ3) is 1.90. The molecule has 2 aliphatic heterocycles. The summed E-state index contributed by atoms with van der Waals surface area (Å²) in [4.78, 5) is 7.39. The maximum absolute atomic E-state index is 4.86. The molecule has 0 saturated carbocycles. The van der Waals surface area contributed by atoms with Gasteiger partial charge in [0, 0.05) is 18.0 Å². The lowest BCUT2D eigenvalue weighted by Crippen LogP contribution is -2.57. The summed E-state index contributed by atoms with van der Waals surface area (Å²) in [5.41, 5.74) is 3.83. The Morgan fingerprint density at radius 1 is 1.00 bits per heavy atom. The van der Waals surface area contributed by atoms with Crippen molar-refractivity contribution in [2.24, 2.45) is 10.9 Å². The molecule has 0 N–H and O–H groups in total. The van der Waals surface area contributed by atoms with E-state index in [1.165, 1.54) is 17.0 Å². The second kappa shape index (κ2) is 4.73. The van der Waals surface area contributed by atoms with Crippen molar-refractivity contribution in [1.29, 1.82) is 0 Å². The summed E-state index contributed by atoms with van der Waals surface area (Å²) >= 11 is 0. The molecule has 0 aliphatic carbocycles. The van der Waals surface area contributed by atoms with E-state index >= 15 is 0 Å². The van der Waals surface area contributed by atoms with Crippen molar-refractivity contribution in [3.8, 4) is 0 Å². The summed E-state index contributed by atoms with van der Waals surface area (Å²) in [5.74, 6) is 1.90. The van der Waals surface area contributed by atoms with Gasteiger partial charge in [-0.3, -0.25) is 0 Å². The zero-order chi connectivity index (χ0) is 14.4. The van der Waals surface area contributed by atoms with Gasteiger partial charge < -0.3 is 4.90 Å². The molecule has 0 aromatic heterocycles. The van der Waals surface area contributed by atoms with Crippen LogP contribution in [-0.4, -0.2) is 16.8 Å². The molecule has 1 fully saturated rings. The predicted molar refractivity (Wildman–Crippen MR) is 86.9 cm³/mol. The minimum absolute atomic E-state index is 0.316. The van der Waals surface area contributed by atoms with Crippen molar-refractivity contribution in [2.45, 2.75) is 32.4 Å². The number of amidine groups is 1. The minimum Gasteiger partial charge on any atom is -0.345 e. The molecule has 2 aromatic rings. The molecule has 2 nitrogen and oxygen atoms in total. The van der Waals surface area contributed by atoms with Gasteiger partial charge in [-0.2, -0.15) is 0 Å². The molecule has 1 saturated heterocycles. The van der Waals surface area contributed by atoms with Crippen LogP contribution < -0.4 is 0 Å². The first kappa shape index (κ1) is 12.6. The van der Waals surface area contributed by atoms with Gasteiger partial charge in [-0.05, 0) is 17.5 Å². The van der Waals surface area contributed by atoms with Crippen molar-refractivity contribution in [2.75, 3.05) is 0 Å². The van der Waals surface area contributed by atoms with Crippen molar-refractivity contribution < 1.29 is 0 Å². The second-order valence-electron chi connectivity index (χ2n) is 6.32. The van der Waals surface area contributed by atoms with Gasteiger partial charge in [0.1, 0.15) is 5.84 Å². The first-order valence-electron chi connectivity index (χ1n) is 7.75. The molecule has 106 valence electrons. The normalized spacial score (nSPS) is 23.2. The molecule has 2 heteroatoms. The molecule has 0 amide bonds. The first-order chi connectivity index (χ1) is 10.3. The van der Waals surface area contributed by atoms with Gasteiger partial charge in [-0.1, -0.05) is 62.4 Å². The molecular formula is C19H20N2. The van der Waals surface area contributed by atoms with Crippen LogP contribution in [0, 0.1) is 5.92 Å². The van der Waals surface area contributed by atoms with E-state index in [-0.39, 0.29) is 0 Å². The third-order valence-corrected chi connectivity index (χ3v) is 4.69. The highest BCUT2D eigenvalue weighted by Gasteiger charge is 2.44. The van der Waals surface area contributed by atoms with E-state index in [1.54, 1.807) is 0 Å². The highest BCUT2D eigenvalue weighted by molar-refractivity contribution is 5.93. The van der Waals surface area contributed by atoms with Crippen LogP contribution in [0.15, 0.2) is 59.6 Å². The Kier molecular flexibility index (Phi) is 2.85. The molecule has 4 rings (SSSR count). The van der Waals surface area contributed by atoms with Gasteiger partial charge in [0.25, 0.3) is 0 Å². The van der Waals surface area contributed by atoms with Crippen molar-refractivity contribution in [3.05, 3.63) is 65.7 Å². The Hall–Kier alpha value is -2.09. The molecule has 0 radical (unpaired) electrons. The van der Waals surface area contributed by atoms with Crippen LogP contribution in [0.1, 0.15) is 37.4 Å². The maximum atomic E-state index is 4.86. The largest absolute Gasteiger partial charge is 0.345 e. The van der Waals surface area contributed by atoms with Gasteiger partial charge in [0.05, 0.1) is 11.7 Å². The molecule has 0 unspecified atom stereocenters. The summed E-state index contributed by atoms with van der Waals surface area (Å²) < 4.78 is 0.